The Kier molecular flexibility index (Phi) is 5.64. The van der Waals surface area contributed by atoms with E-state index in [4.69, 9.17) is 18.9 Å². The van der Waals surface area contributed by atoms with Crippen molar-refractivity contribution >= 4 is 17.9 Å². The smallest absolute Gasteiger partial charge is 0.363 e. The lowest BCUT2D eigenvalue weighted by molar-refractivity contribution is -0.129. The molecule has 1 heterocycles. The van der Waals surface area contributed by atoms with Crippen LogP contribution in [0.4, 0.5) is 0 Å². The number of nitrogens with zero attached hydrogens (tertiary/aromatic N) is 1. The van der Waals surface area contributed by atoms with Crippen molar-refractivity contribution in [2.45, 2.75) is 26.2 Å². The molecule has 152 valence electrons. The monoisotopic (exact) mass is 395 g/mol. The minimum Gasteiger partial charge on any atom is -0.493 e. The Bertz CT molecular complexity index is 982. The average Bonchev–Trinajstić information content (AvgIpc) is 3.07. The lowest BCUT2D eigenvalue weighted by atomic mass is 9.87. The largest absolute Gasteiger partial charge is 0.493 e. The Hall–Kier alpha value is -3.28. The van der Waals surface area contributed by atoms with Crippen LogP contribution in [0.25, 0.3) is 6.08 Å². The molecular formula is C23H25NO5. The van der Waals surface area contributed by atoms with E-state index in [2.05, 4.69) is 25.8 Å². The van der Waals surface area contributed by atoms with Gasteiger partial charge >= 0.3 is 5.97 Å². The molecule has 0 aromatic heterocycles. The van der Waals surface area contributed by atoms with Crippen molar-refractivity contribution in [3.05, 3.63) is 58.8 Å². The van der Waals surface area contributed by atoms with Gasteiger partial charge in [-0.05, 0) is 41.3 Å². The molecule has 0 fully saturated rings. The first-order valence-corrected chi connectivity index (χ1v) is 9.21. The fourth-order valence-corrected chi connectivity index (χ4v) is 3.03. The molecule has 6 nitrogen and oxygen atoms in total. The second-order valence-electron chi connectivity index (χ2n) is 7.59. The number of benzene rings is 2. The molecule has 0 radical (unpaired) electrons. The SMILES string of the molecule is COc1ccc(/C=C2/N=C(c3ccc(C(C)(C)C)cc3)OC2=O)c(OC)c1OC. The number of carbonyl (C=O) groups is 1. The van der Waals surface area contributed by atoms with Crippen molar-refractivity contribution in [3.8, 4) is 17.2 Å². The van der Waals surface area contributed by atoms with E-state index in [0.717, 1.165) is 5.56 Å². The van der Waals surface area contributed by atoms with E-state index in [-0.39, 0.29) is 17.0 Å². The van der Waals surface area contributed by atoms with Crippen molar-refractivity contribution < 1.29 is 23.7 Å². The average molecular weight is 395 g/mol. The molecule has 0 aliphatic carbocycles. The van der Waals surface area contributed by atoms with Crippen LogP contribution < -0.4 is 14.2 Å². The van der Waals surface area contributed by atoms with E-state index in [1.54, 1.807) is 25.3 Å². The van der Waals surface area contributed by atoms with E-state index >= 15 is 0 Å². The number of rotatable bonds is 5. The highest BCUT2D eigenvalue weighted by atomic mass is 16.6. The standard InChI is InChI=1S/C23H25NO5/c1-23(2,3)16-10-7-14(8-11-16)21-24-17(22(25)29-21)13-15-9-12-18(26-4)20(28-6)19(15)27-5/h7-13H,1-6H3/b17-13+. The second-order valence-corrected chi connectivity index (χ2v) is 7.59. The summed E-state index contributed by atoms with van der Waals surface area (Å²) in [5, 5.41) is 0. The van der Waals surface area contributed by atoms with Crippen LogP contribution in [0.5, 0.6) is 17.2 Å². The van der Waals surface area contributed by atoms with Crippen molar-refractivity contribution in [2.75, 3.05) is 21.3 Å². The Balaban J connectivity index is 1.97. The molecule has 0 amide bonds. The predicted octanol–water partition coefficient (Wildman–Crippen LogP) is 4.35. The molecule has 1 aliphatic heterocycles. The number of ether oxygens (including phenoxy) is 4. The summed E-state index contributed by atoms with van der Waals surface area (Å²) in [5.74, 6) is 1.18. The third kappa shape index (κ3) is 4.11. The van der Waals surface area contributed by atoms with Crippen molar-refractivity contribution in [1.82, 2.24) is 0 Å². The summed E-state index contributed by atoms with van der Waals surface area (Å²) >= 11 is 0. The van der Waals surface area contributed by atoms with Crippen molar-refractivity contribution in [1.29, 1.82) is 0 Å². The van der Waals surface area contributed by atoms with Gasteiger partial charge in [0.15, 0.2) is 17.2 Å². The summed E-state index contributed by atoms with van der Waals surface area (Å²) in [6.07, 6.45) is 1.61. The molecule has 2 aromatic rings. The summed E-state index contributed by atoms with van der Waals surface area (Å²) in [5.41, 5.74) is 2.79. The molecule has 0 unspecified atom stereocenters. The van der Waals surface area contributed by atoms with Gasteiger partial charge in [0, 0.05) is 11.1 Å². The maximum Gasteiger partial charge on any atom is 0.363 e. The maximum atomic E-state index is 12.4. The fourth-order valence-electron chi connectivity index (χ4n) is 3.03. The Labute approximate surface area is 170 Å². The fraction of sp³-hybridized carbons (Fsp3) is 0.304. The highest BCUT2D eigenvalue weighted by Crippen LogP contribution is 2.41. The van der Waals surface area contributed by atoms with Gasteiger partial charge in [-0.25, -0.2) is 9.79 Å². The van der Waals surface area contributed by atoms with Crippen LogP contribution in [0.15, 0.2) is 47.1 Å². The Morgan fingerprint density at radius 1 is 0.897 bits per heavy atom. The van der Waals surface area contributed by atoms with Gasteiger partial charge in [-0.2, -0.15) is 0 Å². The Morgan fingerprint density at radius 2 is 1.55 bits per heavy atom. The van der Waals surface area contributed by atoms with Crippen LogP contribution >= 0.6 is 0 Å². The molecule has 29 heavy (non-hydrogen) atoms. The van der Waals surface area contributed by atoms with Crippen LogP contribution in [0.3, 0.4) is 0 Å². The van der Waals surface area contributed by atoms with Gasteiger partial charge in [0.1, 0.15) is 0 Å². The lowest BCUT2D eigenvalue weighted by Crippen LogP contribution is -2.11. The number of carbonyl (C=O) groups excluding carboxylic acids is 1. The predicted molar refractivity (Wildman–Crippen MR) is 112 cm³/mol. The van der Waals surface area contributed by atoms with Gasteiger partial charge < -0.3 is 18.9 Å². The van der Waals surface area contributed by atoms with Gasteiger partial charge in [-0.1, -0.05) is 32.9 Å². The van der Waals surface area contributed by atoms with E-state index in [9.17, 15) is 4.79 Å². The third-order valence-corrected chi connectivity index (χ3v) is 4.65. The second kappa shape index (κ2) is 7.99. The van der Waals surface area contributed by atoms with Gasteiger partial charge in [-0.3, -0.25) is 0 Å². The minimum absolute atomic E-state index is 0.0434. The van der Waals surface area contributed by atoms with Gasteiger partial charge in [0.25, 0.3) is 0 Å². The molecule has 0 saturated carbocycles. The van der Waals surface area contributed by atoms with E-state index < -0.39 is 5.97 Å². The zero-order chi connectivity index (χ0) is 21.2. The zero-order valence-corrected chi connectivity index (χ0v) is 17.5. The number of aliphatic imine (C=N–C) groups is 1. The molecule has 0 atom stereocenters. The molecule has 1 aliphatic rings. The van der Waals surface area contributed by atoms with Crippen LogP contribution in [0, 0.1) is 0 Å². The molecule has 6 heteroatoms. The quantitative estimate of drug-likeness (QED) is 0.556. The van der Waals surface area contributed by atoms with Crippen LogP contribution in [0.1, 0.15) is 37.5 Å². The first-order chi connectivity index (χ1) is 13.8. The molecule has 0 bridgehead atoms. The van der Waals surface area contributed by atoms with Gasteiger partial charge in [0.05, 0.1) is 21.3 Å². The number of hydrogen-bond acceptors (Lipinski definition) is 6. The van der Waals surface area contributed by atoms with E-state index in [1.165, 1.54) is 19.8 Å². The Morgan fingerprint density at radius 3 is 2.10 bits per heavy atom. The lowest BCUT2D eigenvalue weighted by Gasteiger charge is -2.18. The molecular weight excluding hydrogens is 370 g/mol. The molecule has 3 rings (SSSR count). The normalized spacial score (nSPS) is 15.2. The van der Waals surface area contributed by atoms with Gasteiger partial charge in [-0.15, -0.1) is 0 Å². The number of cyclic esters (lactones) is 1. The zero-order valence-electron chi connectivity index (χ0n) is 17.5. The van der Waals surface area contributed by atoms with Crippen molar-refractivity contribution in [2.24, 2.45) is 4.99 Å². The summed E-state index contributed by atoms with van der Waals surface area (Å²) in [4.78, 5) is 16.7. The minimum atomic E-state index is -0.517. The number of methoxy groups -OCH3 is 3. The van der Waals surface area contributed by atoms with Crippen molar-refractivity contribution in [3.63, 3.8) is 0 Å². The highest BCUT2D eigenvalue weighted by Gasteiger charge is 2.26. The van der Waals surface area contributed by atoms with E-state index in [1.807, 2.05) is 24.3 Å². The van der Waals surface area contributed by atoms with Crippen LogP contribution in [0.2, 0.25) is 0 Å². The number of esters is 1. The molecule has 0 saturated heterocycles. The topological polar surface area (TPSA) is 66.4 Å². The molecule has 0 N–H and O–H groups in total. The van der Waals surface area contributed by atoms with Crippen LogP contribution in [-0.4, -0.2) is 33.2 Å². The molecule has 2 aromatic carbocycles. The number of hydrogen-bond donors (Lipinski definition) is 0. The summed E-state index contributed by atoms with van der Waals surface area (Å²) in [6.45, 7) is 6.44. The summed E-state index contributed by atoms with van der Waals surface area (Å²) in [7, 11) is 4.60. The highest BCUT2D eigenvalue weighted by molar-refractivity contribution is 6.13. The third-order valence-electron chi connectivity index (χ3n) is 4.65. The first-order valence-electron chi connectivity index (χ1n) is 9.21. The maximum absolute atomic E-state index is 12.4. The van der Waals surface area contributed by atoms with Crippen LogP contribution in [-0.2, 0) is 14.9 Å². The van der Waals surface area contributed by atoms with E-state index in [0.29, 0.717) is 22.8 Å². The van der Waals surface area contributed by atoms with Gasteiger partial charge in [0.2, 0.25) is 11.6 Å². The molecule has 0 spiro atoms. The first kappa shape index (κ1) is 20.5. The summed E-state index contributed by atoms with van der Waals surface area (Å²) < 4.78 is 21.5. The summed E-state index contributed by atoms with van der Waals surface area (Å²) in [6, 6.07) is 11.4.